The summed E-state index contributed by atoms with van der Waals surface area (Å²) in [4.78, 5) is 18.1. The van der Waals surface area contributed by atoms with Gasteiger partial charge in [-0.1, -0.05) is 0 Å². The van der Waals surface area contributed by atoms with Crippen molar-refractivity contribution in [2.24, 2.45) is 0 Å². The maximum Gasteiger partial charge on any atom is 0.339 e. The number of methoxy groups -OCH3 is 2. The Bertz CT molecular complexity index is 481. The van der Waals surface area contributed by atoms with Crippen molar-refractivity contribution in [1.29, 1.82) is 0 Å². The number of halogens is 1. The van der Waals surface area contributed by atoms with Gasteiger partial charge in [0.25, 0.3) is 0 Å². The van der Waals surface area contributed by atoms with E-state index < -0.39 is 0 Å². The Kier molecular flexibility index (Phi) is 5.33. The third kappa shape index (κ3) is 3.28. The lowest BCUT2D eigenvalue weighted by molar-refractivity contribution is -0.0102. The third-order valence-electron chi connectivity index (χ3n) is 3.07. The summed E-state index contributed by atoms with van der Waals surface area (Å²) in [5.41, 5.74) is 0.465. The molecule has 0 saturated carbocycles. The number of ether oxygens (including phenoxy) is 3. The van der Waals surface area contributed by atoms with Crippen LogP contribution in [0, 0.1) is 0 Å². The predicted octanol–water partition coefficient (Wildman–Crippen LogP) is 1.48. The zero-order valence-corrected chi connectivity index (χ0v) is 13.1. The molecule has 2 rings (SSSR count). The Morgan fingerprint density at radius 2 is 2.40 bits per heavy atom. The number of aromatic nitrogens is 1. The highest BCUT2D eigenvalue weighted by Gasteiger charge is 2.25. The minimum Gasteiger partial charge on any atom is -0.465 e. The number of carbonyl (C=O) groups excluding carboxylic acids is 1. The fourth-order valence-corrected chi connectivity index (χ4v) is 2.77. The van der Waals surface area contributed by atoms with Gasteiger partial charge in [-0.3, -0.25) is 0 Å². The van der Waals surface area contributed by atoms with Crippen LogP contribution in [0.5, 0.6) is 0 Å². The Morgan fingerprint density at radius 1 is 1.60 bits per heavy atom. The molecule has 1 aliphatic heterocycles. The van der Waals surface area contributed by atoms with Crippen LogP contribution in [0.4, 0.5) is 5.82 Å². The Balaban J connectivity index is 2.22. The molecule has 0 radical (unpaired) electrons. The van der Waals surface area contributed by atoms with Gasteiger partial charge in [0.15, 0.2) is 0 Å². The first-order valence-electron chi connectivity index (χ1n) is 6.25. The molecule has 1 aromatic rings. The fraction of sp³-hybridized carbons (Fsp3) is 0.538. The monoisotopic (exact) mass is 344 g/mol. The fourth-order valence-electron chi connectivity index (χ4n) is 2.12. The maximum absolute atomic E-state index is 11.7. The van der Waals surface area contributed by atoms with E-state index in [1.807, 2.05) is 0 Å². The Hall–Kier alpha value is -1.18. The van der Waals surface area contributed by atoms with Crippen LogP contribution < -0.4 is 4.90 Å². The molecule has 7 heteroatoms. The number of nitrogens with zero attached hydrogens (tertiary/aromatic N) is 2. The van der Waals surface area contributed by atoms with E-state index in [0.29, 0.717) is 29.8 Å². The van der Waals surface area contributed by atoms with Crippen molar-refractivity contribution in [3.8, 4) is 0 Å². The largest absolute Gasteiger partial charge is 0.465 e. The van der Waals surface area contributed by atoms with Crippen LogP contribution in [-0.4, -0.2) is 57.6 Å². The van der Waals surface area contributed by atoms with Crippen LogP contribution in [0.1, 0.15) is 10.4 Å². The molecule has 6 nitrogen and oxygen atoms in total. The topological polar surface area (TPSA) is 60.9 Å². The van der Waals surface area contributed by atoms with Crippen LogP contribution >= 0.6 is 15.9 Å². The summed E-state index contributed by atoms with van der Waals surface area (Å²) >= 11 is 3.44. The Labute approximate surface area is 126 Å². The standard InChI is InChI=1S/C13H17BrN2O4/c1-18-8-9-7-16(5-6-20-9)12-11(14)10(3-4-15-12)13(17)19-2/h3-4,9H,5-8H2,1-2H3/t9-/m0/s1. The number of hydrogen-bond acceptors (Lipinski definition) is 6. The van der Waals surface area contributed by atoms with Crippen molar-refractivity contribution in [2.45, 2.75) is 6.10 Å². The quantitative estimate of drug-likeness (QED) is 0.771. The van der Waals surface area contributed by atoms with Gasteiger partial charge in [0.2, 0.25) is 0 Å². The number of esters is 1. The van der Waals surface area contributed by atoms with Crippen molar-refractivity contribution >= 4 is 27.7 Å². The van der Waals surface area contributed by atoms with Crippen LogP contribution in [-0.2, 0) is 14.2 Å². The second kappa shape index (κ2) is 7.01. The summed E-state index contributed by atoms with van der Waals surface area (Å²) in [7, 11) is 3.01. The lowest BCUT2D eigenvalue weighted by Crippen LogP contribution is -2.45. The minimum absolute atomic E-state index is 0.00392. The van der Waals surface area contributed by atoms with Gasteiger partial charge in [-0.15, -0.1) is 0 Å². The first kappa shape index (κ1) is 15.2. The zero-order chi connectivity index (χ0) is 14.5. The van der Waals surface area contributed by atoms with Crippen molar-refractivity contribution in [3.05, 3.63) is 22.3 Å². The molecule has 2 heterocycles. The lowest BCUT2D eigenvalue weighted by atomic mass is 10.2. The smallest absolute Gasteiger partial charge is 0.339 e. The van der Waals surface area contributed by atoms with E-state index >= 15 is 0 Å². The number of pyridine rings is 1. The van der Waals surface area contributed by atoms with Gasteiger partial charge in [0, 0.05) is 26.4 Å². The lowest BCUT2D eigenvalue weighted by Gasteiger charge is -2.34. The second-order valence-corrected chi connectivity index (χ2v) is 5.17. The number of hydrogen-bond donors (Lipinski definition) is 0. The highest BCUT2D eigenvalue weighted by atomic mass is 79.9. The summed E-state index contributed by atoms with van der Waals surface area (Å²) in [6.07, 6.45) is 1.61. The third-order valence-corrected chi connectivity index (χ3v) is 3.85. The molecular formula is C13H17BrN2O4. The van der Waals surface area contributed by atoms with E-state index in [2.05, 4.69) is 25.8 Å². The molecule has 0 unspecified atom stereocenters. The molecule has 0 bridgehead atoms. The summed E-state index contributed by atoms with van der Waals surface area (Å²) in [6.45, 7) is 2.52. The van der Waals surface area contributed by atoms with Crippen molar-refractivity contribution in [2.75, 3.05) is 45.4 Å². The summed E-state index contributed by atoms with van der Waals surface area (Å²) in [5, 5.41) is 0. The Morgan fingerprint density at radius 3 is 3.10 bits per heavy atom. The van der Waals surface area contributed by atoms with E-state index in [9.17, 15) is 4.79 Å². The molecule has 0 amide bonds. The first-order valence-corrected chi connectivity index (χ1v) is 7.05. The summed E-state index contributed by atoms with van der Waals surface area (Å²) in [5.74, 6) is 0.333. The van der Waals surface area contributed by atoms with Gasteiger partial charge in [-0.25, -0.2) is 9.78 Å². The molecule has 1 saturated heterocycles. The SMILES string of the molecule is COC[C@@H]1CN(c2nccc(C(=O)OC)c2Br)CCO1. The molecule has 1 aromatic heterocycles. The predicted molar refractivity (Wildman–Crippen MR) is 77.1 cm³/mol. The molecule has 0 N–H and O–H groups in total. The number of rotatable bonds is 4. The molecule has 0 aliphatic carbocycles. The van der Waals surface area contributed by atoms with Gasteiger partial charge in [-0.2, -0.15) is 0 Å². The molecule has 0 aromatic carbocycles. The first-order chi connectivity index (χ1) is 9.67. The van der Waals surface area contributed by atoms with E-state index in [1.165, 1.54) is 7.11 Å². The average molecular weight is 345 g/mol. The number of carbonyl (C=O) groups is 1. The zero-order valence-electron chi connectivity index (χ0n) is 11.5. The number of morpholine rings is 1. The molecule has 1 atom stereocenters. The second-order valence-electron chi connectivity index (χ2n) is 4.38. The summed E-state index contributed by atoms with van der Waals surface area (Å²) in [6, 6.07) is 1.63. The molecular weight excluding hydrogens is 328 g/mol. The summed E-state index contributed by atoms with van der Waals surface area (Å²) < 4.78 is 16.1. The van der Waals surface area contributed by atoms with E-state index in [0.717, 1.165) is 12.4 Å². The minimum atomic E-state index is -0.387. The highest BCUT2D eigenvalue weighted by Crippen LogP contribution is 2.29. The van der Waals surface area contributed by atoms with Gasteiger partial charge in [0.1, 0.15) is 5.82 Å². The van der Waals surface area contributed by atoms with E-state index in [-0.39, 0.29) is 12.1 Å². The van der Waals surface area contributed by atoms with Gasteiger partial charge in [0.05, 0.1) is 36.5 Å². The molecule has 1 aliphatic rings. The number of anilines is 1. The molecule has 1 fully saturated rings. The van der Waals surface area contributed by atoms with E-state index in [1.54, 1.807) is 19.4 Å². The average Bonchev–Trinajstić information content (AvgIpc) is 2.47. The van der Waals surface area contributed by atoms with Crippen molar-refractivity contribution in [3.63, 3.8) is 0 Å². The van der Waals surface area contributed by atoms with Crippen molar-refractivity contribution in [1.82, 2.24) is 4.98 Å². The van der Waals surface area contributed by atoms with Gasteiger partial charge >= 0.3 is 5.97 Å². The highest BCUT2D eigenvalue weighted by molar-refractivity contribution is 9.10. The van der Waals surface area contributed by atoms with Crippen molar-refractivity contribution < 1.29 is 19.0 Å². The molecule has 20 heavy (non-hydrogen) atoms. The maximum atomic E-state index is 11.7. The van der Waals surface area contributed by atoms with Crippen LogP contribution in [0.25, 0.3) is 0 Å². The normalized spacial score (nSPS) is 18.9. The van der Waals surface area contributed by atoms with Crippen LogP contribution in [0.15, 0.2) is 16.7 Å². The van der Waals surface area contributed by atoms with Gasteiger partial charge in [-0.05, 0) is 22.0 Å². The van der Waals surface area contributed by atoms with Crippen LogP contribution in [0.3, 0.4) is 0 Å². The molecule has 110 valence electrons. The van der Waals surface area contributed by atoms with Gasteiger partial charge < -0.3 is 19.1 Å². The van der Waals surface area contributed by atoms with Crippen LogP contribution in [0.2, 0.25) is 0 Å². The van der Waals surface area contributed by atoms with E-state index in [4.69, 9.17) is 14.2 Å². The molecule has 0 spiro atoms.